The largest absolute Gasteiger partial charge is 0.369 e. The lowest BCUT2D eigenvalue weighted by atomic mass is 10.1. The monoisotopic (exact) mass is 441 g/mol. The van der Waals surface area contributed by atoms with E-state index in [9.17, 15) is 4.79 Å². The van der Waals surface area contributed by atoms with E-state index in [1.165, 1.54) is 11.3 Å². The highest BCUT2D eigenvalue weighted by Crippen LogP contribution is 2.26. The van der Waals surface area contributed by atoms with E-state index in [4.69, 9.17) is 20.4 Å². The number of imidazole rings is 1. The Balaban J connectivity index is 1.35. The van der Waals surface area contributed by atoms with Gasteiger partial charge in [0.2, 0.25) is 5.91 Å². The van der Waals surface area contributed by atoms with Crippen LogP contribution in [0.1, 0.15) is 39.1 Å². The first kappa shape index (κ1) is 21.3. The summed E-state index contributed by atoms with van der Waals surface area (Å²) < 4.78 is 8.28. The second kappa shape index (κ2) is 8.77. The maximum absolute atomic E-state index is 11.3. The number of ether oxygens (including phenoxy) is 1. The summed E-state index contributed by atoms with van der Waals surface area (Å²) in [5.74, 6) is -0.435. The molecule has 1 fully saturated rings. The predicted molar refractivity (Wildman–Crippen MR) is 127 cm³/mol. The number of carbonyl (C=O) groups excluding carboxylic acids is 1. The molecule has 0 spiro atoms. The number of pyridine rings is 2. The van der Waals surface area contributed by atoms with Gasteiger partial charge in [0.1, 0.15) is 11.8 Å². The number of primary amides is 1. The minimum absolute atomic E-state index is 0.106. The molecule has 4 heterocycles. The third-order valence-electron chi connectivity index (χ3n) is 6.17. The van der Waals surface area contributed by atoms with E-state index in [-0.39, 0.29) is 6.10 Å². The van der Waals surface area contributed by atoms with Crippen LogP contribution in [-0.2, 0) is 11.3 Å². The Morgan fingerprint density at radius 3 is 2.73 bits per heavy atom. The van der Waals surface area contributed by atoms with Gasteiger partial charge >= 0.3 is 0 Å². The number of benzene rings is 1. The van der Waals surface area contributed by atoms with Gasteiger partial charge < -0.3 is 14.9 Å². The molecule has 1 aliphatic heterocycles. The maximum Gasteiger partial charge on any atom is 0.248 e. The first-order chi connectivity index (χ1) is 16.0. The molecule has 168 valence electrons. The van der Waals surface area contributed by atoms with Crippen molar-refractivity contribution in [3.05, 3.63) is 89.0 Å². The highest BCUT2D eigenvalue weighted by atomic mass is 16.5. The second-order valence-electron chi connectivity index (χ2n) is 8.56. The Kier molecular flexibility index (Phi) is 5.66. The van der Waals surface area contributed by atoms with Crippen LogP contribution in [-0.4, -0.2) is 44.9 Å². The van der Waals surface area contributed by atoms with Gasteiger partial charge in [0.05, 0.1) is 29.4 Å². The molecule has 0 aliphatic carbocycles. The molecule has 5 rings (SSSR count). The van der Waals surface area contributed by atoms with Crippen LogP contribution in [0.3, 0.4) is 0 Å². The van der Waals surface area contributed by atoms with Crippen LogP contribution >= 0.6 is 0 Å². The fourth-order valence-corrected chi connectivity index (χ4v) is 4.34. The standard InChI is InChI=1S/C26H27N5O2/c1-17-10-11-31-23(18(2)28-25(31)14-17)15-30-12-13-33-24(16-30)22-5-3-4-21(29-22)19-6-8-20(9-7-19)26(27)32/h3-11,14,24H,12-13,15-16H2,1-2H3,(H2,27,32)/t24-/m0/s1. The van der Waals surface area contributed by atoms with Crippen LogP contribution in [0.5, 0.6) is 0 Å². The minimum Gasteiger partial charge on any atom is -0.369 e. The normalized spacial score (nSPS) is 16.8. The molecule has 0 unspecified atom stereocenters. The quantitative estimate of drug-likeness (QED) is 0.511. The summed E-state index contributed by atoms with van der Waals surface area (Å²) in [5, 5.41) is 0. The number of carbonyl (C=O) groups is 1. The predicted octanol–water partition coefficient (Wildman–Crippen LogP) is 3.69. The Labute approximate surface area is 192 Å². The van der Waals surface area contributed by atoms with Gasteiger partial charge in [-0.3, -0.25) is 14.7 Å². The molecule has 4 aromatic rings. The number of amides is 1. The number of fused-ring (bicyclic) bond motifs is 1. The Bertz CT molecular complexity index is 1310. The molecule has 1 aromatic carbocycles. The van der Waals surface area contributed by atoms with E-state index in [1.807, 2.05) is 30.3 Å². The second-order valence-corrected chi connectivity index (χ2v) is 8.56. The number of nitrogens with zero attached hydrogens (tertiary/aromatic N) is 4. The molecule has 0 saturated carbocycles. The zero-order valence-corrected chi connectivity index (χ0v) is 18.9. The number of nitrogens with two attached hydrogens (primary N) is 1. The van der Waals surface area contributed by atoms with Gasteiger partial charge in [-0.2, -0.15) is 0 Å². The molecule has 0 bridgehead atoms. The van der Waals surface area contributed by atoms with Gasteiger partial charge in [0, 0.05) is 37.0 Å². The topological polar surface area (TPSA) is 85.8 Å². The number of rotatable bonds is 5. The van der Waals surface area contributed by atoms with Crippen molar-refractivity contribution in [3.8, 4) is 11.3 Å². The third-order valence-corrected chi connectivity index (χ3v) is 6.17. The SMILES string of the molecule is Cc1ccn2c(CN3CCO[C@H](c4cccc(-c5ccc(C(N)=O)cc5)n4)C3)c(C)nc2c1. The van der Waals surface area contributed by atoms with Crippen LogP contribution < -0.4 is 5.73 Å². The van der Waals surface area contributed by atoms with Gasteiger partial charge in [-0.05, 0) is 55.8 Å². The van der Waals surface area contributed by atoms with E-state index < -0.39 is 5.91 Å². The molecule has 7 heteroatoms. The third kappa shape index (κ3) is 4.37. The van der Waals surface area contributed by atoms with Gasteiger partial charge in [0.15, 0.2) is 0 Å². The number of aryl methyl sites for hydroxylation is 2. The van der Waals surface area contributed by atoms with Gasteiger partial charge in [-0.15, -0.1) is 0 Å². The van der Waals surface area contributed by atoms with Gasteiger partial charge in [-0.25, -0.2) is 4.98 Å². The van der Waals surface area contributed by atoms with Crippen molar-refractivity contribution in [3.63, 3.8) is 0 Å². The minimum atomic E-state index is -0.435. The zero-order valence-electron chi connectivity index (χ0n) is 18.9. The van der Waals surface area contributed by atoms with E-state index in [2.05, 4.69) is 41.5 Å². The Hall–Kier alpha value is -3.55. The molecule has 3 aromatic heterocycles. The molecule has 1 saturated heterocycles. The molecule has 1 amide bonds. The summed E-state index contributed by atoms with van der Waals surface area (Å²) in [6.07, 6.45) is 2.00. The lowest BCUT2D eigenvalue weighted by Gasteiger charge is -2.32. The van der Waals surface area contributed by atoms with E-state index in [0.717, 1.165) is 47.9 Å². The first-order valence-corrected chi connectivity index (χ1v) is 11.1. The van der Waals surface area contributed by atoms with Crippen molar-refractivity contribution < 1.29 is 9.53 Å². The molecule has 7 nitrogen and oxygen atoms in total. The van der Waals surface area contributed by atoms with Crippen molar-refractivity contribution in [1.82, 2.24) is 19.3 Å². The molecule has 33 heavy (non-hydrogen) atoms. The number of aromatic nitrogens is 3. The van der Waals surface area contributed by atoms with Crippen molar-refractivity contribution in [2.75, 3.05) is 19.7 Å². The average molecular weight is 442 g/mol. The highest BCUT2D eigenvalue weighted by molar-refractivity contribution is 5.93. The van der Waals surface area contributed by atoms with Crippen molar-refractivity contribution in [2.45, 2.75) is 26.5 Å². The maximum atomic E-state index is 11.3. The number of hydrogen-bond acceptors (Lipinski definition) is 5. The summed E-state index contributed by atoms with van der Waals surface area (Å²) in [6, 6.07) is 17.4. The number of hydrogen-bond donors (Lipinski definition) is 1. The summed E-state index contributed by atoms with van der Waals surface area (Å²) in [6.45, 7) is 7.25. The van der Waals surface area contributed by atoms with E-state index in [0.29, 0.717) is 12.2 Å². The molecular weight excluding hydrogens is 414 g/mol. The van der Waals surface area contributed by atoms with Crippen molar-refractivity contribution in [2.24, 2.45) is 5.73 Å². The number of morpholine rings is 1. The molecule has 1 atom stereocenters. The molecule has 1 aliphatic rings. The van der Waals surface area contributed by atoms with Crippen LogP contribution in [0.2, 0.25) is 0 Å². The fourth-order valence-electron chi connectivity index (χ4n) is 4.34. The van der Waals surface area contributed by atoms with Gasteiger partial charge in [0.25, 0.3) is 0 Å². The smallest absolute Gasteiger partial charge is 0.248 e. The summed E-state index contributed by atoms with van der Waals surface area (Å²) in [7, 11) is 0. The van der Waals surface area contributed by atoms with E-state index >= 15 is 0 Å². The lowest BCUT2D eigenvalue weighted by Crippen LogP contribution is -2.38. The molecular formula is C26H27N5O2. The Morgan fingerprint density at radius 1 is 1.12 bits per heavy atom. The van der Waals surface area contributed by atoms with Crippen LogP contribution in [0.4, 0.5) is 0 Å². The van der Waals surface area contributed by atoms with Crippen LogP contribution in [0, 0.1) is 13.8 Å². The molecule has 0 radical (unpaired) electrons. The summed E-state index contributed by atoms with van der Waals surface area (Å²) in [4.78, 5) is 23.4. The summed E-state index contributed by atoms with van der Waals surface area (Å²) in [5.41, 5.74) is 13.0. The Morgan fingerprint density at radius 2 is 1.94 bits per heavy atom. The molecule has 2 N–H and O–H groups in total. The fraction of sp³-hybridized carbons (Fsp3) is 0.269. The van der Waals surface area contributed by atoms with Crippen molar-refractivity contribution in [1.29, 1.82) is 0 Å². The lowest BCUT2D eigenvalue weighted by molar-refractivity contribution is -0.0354. The van der Waals surface area contributed by atoms with E-state index in [1.54, 1.807) is 12.1 Å². The highest BCUT2D eigenvalue weighted by Gasteiger charge is 2.25. The van der Waals surface area contributed by atoms with Crippen LogP contribution in [0.25, 0.3) is 16.9 Å². The summed E-state index contributed by atoms with van der Waals surface area (Å²) >= 11 is 0. The van der Waals surface area contributed by atoms with Crippen LogP contribution in [0.15, 0.2) is 60.8 Å². The van der Waals surface area contributed by atoms with Gasteiger partial charge in [-0.1, -0.05) is 18.2 Å². The average Bonchev–Trinajstić information content (AvgIpc) is 3.13. The zero-order chi connectivity index (χ0) is 22.9. The first-order valence-electron chi connectivity index (χ1n) is 11.1. The van der Waals surface area contributed by atoms with Crippen molar-refractivity contribution >= 4 is 11.6 Å².